The summed E-state index contributed by atoms with van der Waals surface area (Å²) in [7, 11) is -3.77. The number of hydrogen-bond acceptors (Lipinski definition) is 6. The molecule has 0 radical (unpaired) electrons. The molecule has 0 atom stereocenters. The minimum absolute atomic E-state index is 0.0214. The lowest BCUT2D eigenvalue weighted by Gasteiger charge is -2.08. The van der Waals surface area contributed by atoms with Gasteiger partial charge < -0.3 is 10.1 Å². The van der Waals surface area contributed by atoms with Crippen LogP contribution in [-0.2, 0) is 24.3 Å². The van der Waals surface area contributed by atoms with Gasteiger partial charge in [0.15, 0.2) is 5.11 Å². The average molecular weight is 357 g/mol. The molecule has 1 rings (SSSR count). The van der Waals surface area contributed by atoms with Crippen LogP contribution in [0.25, 0.3) is 0 Å². The molecule has 4 N–H and O–H groups in total. The van der Waals surface area contributed by atoms with E-state index in [1.807, 2.05) is 0 Å². The normalized spacial score (nSPS) is 11.0. The molecule has 0 spiro atoms. The summed E-state index contributed by atoms with van der Waals surface area (Å²) in [6, 6.07) is 5.46. The van der Waals surface area contributed by atoms with Crippen LogP contribution in [0.4, 0.5) is 5.69 Å². The molecular weight excluding hydrogens is 342 g/mol. The van der Waals surface area contributed by atoms with Crippen LogP contribution in [0.2, 0.25) is 0 Å². The Morgan fingerprint density at radius 3 is 2.39 bits per heavy atom. The van der Waals surface area contributed by atoms with Gasteiger partial charge in [-0.25, -0.2) is 18.4 Å². The zero-order chi connectivity index (χ0) is 17.5. The van der Waals surface area contributed by atoms with Gasteiger partial charge in [-0.3, -0.25) is 10.1 Å². The Hall–Kier alpha value is -2.30. The van der Waals surface area contributed by atoms with Crippen LogP contribution in [0.5, 0.6) is 0 Å². The van der Waals surface area contributed by atoms with Crippen molar-refractivity contribution in [1.82, 2.24) is 5.32 Å². The molecule has 0 aliphatic heterocycles. The summed E-state index contributed by atoms with van der Waals surface area (Å²) >= 11 is 4.91. The number of carbonyl (C=O) groups excluding carboxylic acids is 2. The number of hydrogen-bond donors (Lipinski definition) is 3. The Morgan fingerprint density at radius 1 is 1.26 bits per heavy atom. The zero-order valence-electron chi connectivity index (χ0n) is 12.1. The van der Waals surface area contributed by atoms with Gasteiger partial charge in [-0.2, -0.15) is 0 Å². The number of amides is 1. The molecule has 10 heteroatoms. The third-order valence-electron chi connectivity index (χ3n) is 2.33. The molecule has 0 heterocycles. The van der Waals surface area contributed by atoms with Crippen molar-refractivity contribution in [1.29, 1.82) is 0 Å². The highest BCUT2D eigenvalue weighted by Gasteiger charge is 2.07. The van der Waals surface area contributed by atoms with Crippen molar-refractivity contribution < 1.29 is 22.7 Å². The topological polar surface area (TPSA) is 128 Å². The van der Waals surface area contributed by atoms with Gasteiger partial charge in [0.25, 0.3) is 0 Å². The molecule has 0 aromatic heterocycles. The van der Waals surface area contributed by atoms with Gasteiger partial charge in [-0.05, 0) is 43.4 Å². The number of ether oxygens (including phenoxy) is 1. The van der Waals surface area contributed by atoms with E-state index in [1.165, 1.54) is 24.3 Å². The number of carbonyl (C=O) groups is 2. The number of sulfonamides is 1. The van der Waals surface area contributed by atoms with Crippen LogP contribution in [0.15, 0.2) is 41.3 Å². The molecule has 1 aromatic rings. The predicted octanol–water partition coefficient (Wildman–Crippen LogP) is 0.266. The lowest BCUT2D eigenvalue weighted by molar-refractivity contribution is -0.137. The van der Waals surface area contributed by atoms with E-state index in [0.717, 1.165) is 12.2 Å². The molecule has 0 saturated carbocycles. The first-order valence-electron chi connectivity index (χ1n) is 6.32. The molecule has 124 valence electrons. The Bertz CT molecular complexity index is 726. The summed E-state index contributed by atoms with van der Waals surface area (Å²) < 4.78 is 26.8. The van der Waals surface area contributed by atoms with Crippen molar-refractivity contribution in [2.75, 3.05) is 11.9 Å². The maximum absolute atomic E-state index is 11.5. The van der Waals surface area contributed by atoms with Crippen LogP contribution >= 0.6 is 12.2 Å². The zero-order valence-corrected chi connectivity index (χ0v) is 13.7. The Kier molecular flexibility index (Phi) is 6.82. The van der Waals surface area contributed by atoms with E-state index in [2.05, 4.69) is 15.4 Å². The van der Waals surface area contributed by atoms with Crippen LogP contribution in [0.1, 0.15) is 6.92 Å². The second-order valence-electron chi connectivity index (χ2n) is 4.10. The molecule has 0 unspecified atom stereocenters. The van der Waals surface area contributed by atoms with E-state index in [1.54, 1.807) is 6.92 Å². The first kappa shape index (κ1) is 18.7. The smallest absolute Gasteiger partial charge is 0.330 e. The number of primary sulfonamides is 1. The number of esters is 1. The van der Waals surface area contributed by atoms with Crippen LogP contribution in [-0.4, -0.2) is 32.0 Å². The predicted molar refractivity (Wildman–Crippen MR) is 88.0 cm³/mol. The van der Waals surface area contributed by atoms with Crippen molar-refractivity contribution in [2.24, 2.45) is 5.14 Å². The van der Waals surface area contributed by atoms with Crippen molar-refractivity contribution >= 4 is 44.9 Å². The molecule has 0 aliphatic rings. The van der Waals surface area contributed by atoms with Gasteiger partial charge in [0.1, 0.15) is 0 Å². The lowest BCUT2D eigenvalue weighted by atomic mass is 10.3. The lowest BCUT2D eigenvalue weighted by Crippen LogP contribution is -2.33. The maximum atomic E-state index is 11.5. The molecule has 23 heavy (non-hydrogen) atoms. The summed E-state index contributed by atoms with van der Waals surface area (Å²) in [5.41, 5.74) is 0.456. The fourth-order valence-corrected chi connectivity index (χ4v) is 2.11. The third-order valence-corrected chi connectivity index (χ3v) is 3.47. The number of nitrogens with two attached hydrogens (primary N) is 1. The highest BCUT2D eigenvalue weighted by molar-refractivity contribution is 7.89. The number of rotatable bonds is 5. The monoisotopic (exact) mass is 357 g/mol. The fourth-order valence-electron chi connectivity index (χ4n) is 1.38. The number of benzene rings is 1. The first-order valence-corrected chi connectivity index (χ1v) is 8.27. The van der Waals surface area contributed by atoms with Crippen LogP contribution < -0.4 is 15.8 Å². The molecular formula is C13H15N3O5S2. The molecule has 0 saturated heterocycles. The van der Waals surface area contributed by atoms with Gasteiger partial charge in [0.05, 0.1) is 11.5 Å². The van der Waals surface area contributed by atoms with Gasteiger partial charge in [0.2, 0.25) is 15.9 Å². The van der Waals surface area contributed by atoms with Gasteiger partial charge in [0, 0.05) is 17.8 Å². The molecule has 0 fully saturated rings. The minimum Gasteiger partial charge on any atom is -0.463 e. The third kappa shape index (κ3) is 7.00. The SMILES string of the molecule is CCOC(=O)C=CC(=O)NC(=S)Nc1ccc(S(N)(=O)=O)cc1. The Morgan fingerprint density at radius 2 is 1.87 bits per heavy atom. The first-order chi connectivity index (χ1) is 10.7. The van der Waals surface area contributed by atoms with E-state index in [4.69, 9.17) is 17.4 Å². The minimum atomic E-state index is -3.77. The van der Waals surface area contributed by atoms with Crippen molar-refractivity contribution in [2.45, 2.75) is 11.8 Å². The Balaban J connectivity index is 2.57. The second kappa shape index (κ2) is 8.36. The van der Waals surface area contributed by atoms with E-state index in [9.17, 15) is 18.0 Å². The van der Waals surface area contributed by atoms with Gasteiger partial charge >= 0.3 is 5.97 Å². The van der Waals surface area contributed by atoms with E-state index in [0.29, 0.717) is 5.69 Å². The summed E-state index contributed by atoms with van der Waals surface area (Å²) in [6.07, 6.45) is 1.96. The summed E-state index contributed by atoms with van der Waals surface area (Å²) in [5.74, 6) is -1.25. The molecule has 0 bridgehead atoms. The second-order valence-corrected chi connectivity index (χ2v) is 6.07. The molecule has 1 aromatic carbocycles. The molecule has 0 aliphatic carbocycles. The van der Waals surface area contributed by atoms with E-state index < -0.39 is 21.9 Å². The highest BCUT2D eigenvalue weighted by atomic mass is 32.2. The van der Waals surface area contributed by atoms with Gasteiger partial charge in [-0.1, -0.05) is 0 Å². The van der Waals surface area contributed by atoms with Crippen molar-refractivity contribution in [3.05, 3.63) is 36.4 Å². The van der Waals surface area contributed by atoms with E-state index >= 15 is 0 Å². The van der Waals surface area contributed by atoms with Crippen molar-refractivity contribution in [3.8, 4) is 0 Å². The summed E-state index contributed by atoms with van der Waals surface area (Å²) in [4.78, 5) is 22.5. The average Bonchev–Trinajstić information content (AvgIpc) is 2.45. The van der Waals surface area contributed by atoms with Crippen LogP contribution in [0.3, 0.4) is 0 Å². The summed E-state index contributed by atoms with van der Waals surface area (Å²) in [5, 5.41) is 9.95. The van der Waals surface area contributed by atoms with Crippen LogP contribution in [0, 0.1) is 0 Å². The number of thiocarbonyl (C=S) groups is 1. The number of nitrogens with one attached hydrogen (secondary N) is 2. The molecule has 8 nitrogen and oxygen atoms in total. The standard InChI is InChI=1S/C13H15N3O5S2/c1-2-21-12(18)8-7-11(17)16-13(22)15-9-3-5-10(6-4-9)23(14,19)20/h3-8H,2H2,1H3,(H2,14,19,20)(H2,15,16,17,22). The maximum Gasteiger partial charge on any atom is 0.330 e. The van der Waals surface area contributed by atoms with Crippen molar-refractivity contribution in [3.63, 3.8) is 0 Å². The molecule has 1 amide bonds. The largest absolute Gasteiger partial charge is 0.463 e. The quantitative estimate of drug-likeness (QED) is 0.392. The van der Waals surface area contributed by atoms with Gasteiger partial charge in [-0.15, -0.1) is 0 Å². The summed E-state index contributed by atoms with van der Waals surface area (Å²) in [6.45, 7) is 1.85. The fraction of sp³-hybridized carbons (Fsp3) is 0.154. The van der Waals surface area contributed by atoms with E-state index in [-0.39, 0.29) is 16.6 Å². The highest BCUT2D eigenvalue weighted by Crippen LogP contribution is 2.12. The number of anilines is 1. The Labute approximate surface area is 138 Å².